The predicted octanol–water partition coefficient (Wildman–Crippen LogP) is 2.99. The second-order valence-corrected chi connectivity index (χ2v) is 3.05. The molecule has 0 fully saturated rings. The molecule has 0 unspecified atom stereocenters. The zero-order chi connectivity index (χ0) is 7.72. The lowest BCUT2D eigenvalue weighted by Gasteiger charge is -1.98. The summed E-state index contributed by atoms with van der Waals surface area (Å²) in [5.74, 6) is 0.0396. The third-order valence-corrected chi connectivity index (χ3v) is 2.10. The van der Waals surface area contributed by atoms with E-state index in [1.165, 1.54) is 12.1 Å². The van der Waals surface area contributed by atoms with Gasteiger partial charge in [-0.05, 0) is 6.07 Å². The van der Waals surface area contributed by atoms with Crippen molar-refractivity contribution in [2.75, 3.05) is 0 Å². The molecule has 0 saturated carbocycles. The van der Waals surface area contributed by atoms with Crippen LogP contribution in [0.4, 0.5) is 0 Å². The predicted molar refractivity (Wildman–Crippen MR) is 45.4 cm³/mol. The molecular formula is C6H4Cl2OS. The molecule has 4 heteroatoms. The highest BCUT2D eigenvalue weighted by molar-refractivity contribution is 7.80. The average Bonchev–Trinajstić information content (AvgIpc) is 1.84. The molecule has 0 amide bonds. The van der Waals surface area contributed by atoms with Crippen molar-refractivity contribution in [3.63, 3.8) is 0 Å². The first-order valence-electron chi connectivity index (χ1n) is 2.48. The molecule has 0 heterocycles. The third kappa shape index (κ3) is 1.51. The van der Waals surface area contributed by atoms with Gasteiger partial charge in [-0.2, -0.15) is 0 Å². The van der Waals surface area contributed by atoms with Gasteiger partial charge in [0.15, 0.2) is 0 Å². The average molecular weight is 195 g/mol. The maximum absolute atomic E-state index is 9.01. The number of benzene rings is 1. The number of halogens is 2. The maximum Gasteiger partial charge on any atom is 0.130 e. The normalized spacial score (nSPS) is 9.90. The standard InChI is InChI=1S/C6H4Cl2OS/c7-3-1-5(9)6(10)2-4(3)8/h1-2,9-10H. The Hall–Kier alpha value is -0.0500. The van der Waals surface area contributed by atoms with Crippen LogP contribution >= 0.6 is 35.8 Å². The van der Waals surface area contributed by atoms with Gasteiger partial charge in [-0.1, -0.05) is 23.2 Å². The first-order valence-corrected chi connectivity index (χ1v) is 3.68. The third-order valence-electron chi connectivity index (χ3n) is 1.02. The minimum Gasteiger partial charge on any atom is -0.507 e. The molecule has 0 aliphatic carbocycles. The van der Waals surface area contributed by atoms with Crippen molar-refractivity contribution in [1.29, 1.82) is 0 Å². The SMILES string of the molecule is Oc1cc(Cl)c(Cl)cc1S. The largest absolute Gasteiger partial charge is 0.507 e. The van der Waals surface area contributed by atoms with Crippen molar-refractivity contribution in [1.82, 2.24) is 0 Å². The van der Waals surface area contributed by atoms with Crippen LogP contribution in [0.3, 0.4) is 0 Å². The van der Waals surface area contributed by atoms with Crippen LogP contribution in [-0.4, -0.2) is 5.11 Å². The van der Waals surface area contributed by atoms with Crippen molar-refractivity contribution in [2.45, 2.75) is 4.90 Å². The number of hydrogen-bond donors (Lipinski definition) is 2. The molecule has 0 radical (unpaired) electrons. The van der Waals surface area contributed by atoms with Crippen LogP contribution in [0.25, 0.3) is 0 Å². The van der Waals surface area contributed by atoms with Gasteiger partial charge in [-0.15, -0.1) is 12.6 Å². The van der Waals surface area contributed by atoms with E-state index in [1.807, 2.05) is 0 Å². The van der Waals surface area contributed by atoms with E-state index in [0.29, 0.717) is 14.9 Å². The van der Waals surface area contributed by atoms with E-state index in [0.717, 1.165) is 0 Å². The van der Waals surface area contributed by atoms with Gasteiger partial charge in [0.25, 0.3) is 0 Å². The molecule has 54 valence electrons. The smallest absolute Gasteiger partial charge is 0.130 e. The van der Waals surface area contributed by atoms with E-state index in [-0.39, 0.29) is 5.75 Å². The Kier molecular flexibility index (Phi) is 2.34. The van der Waals surface area contributed by atoms with Crippen LogP contribution in [-0.2, 0) is 0 Å². The summed E-state index contributed by atoms with van der Waals surface area (Å²) in [5.41, 5.74) is 0. The Labute approximate surface area is 74.0 Å². The summed E-state index contributed by atoms with van der Waals surface area (Å²) in [4.78, 5) is 0.425. The Balaban J connectivity index is 3.28. The molecule has 1 nitrogen and oxygen atoms in total. The number of hydrogen-bond acceptors (Lipinski definition) is 2. The van der Waals surface area contributed by atoms with Gasteiger partial charge in [0.1, 0.15) is 5.75 Å². The number of thiol groups is 1. The molecule has 1 aromatic rings. The summed E-state index contributed by atoms with van der Waals surface area (Å²) in [6.45, 7) is 0. The summed E-state index contributed by atoms with van der Waals surface area (Å²) in [6.07, 6.45) is 0. The van der Waals surface area contributed by atoms with Crippen LogP contribution in [0.1, 0.15) is 0 Å². The van der Waals surface area contributed by atoms with Gasteiger partial charge >= 0.3 is 0 Å². The number of phenols is 1. The van der Waals surface area contributed by atoms with Crippen molar-refractivity contribution in [2.24, 2.45) is 0 Å². The molecule has 1 N–H and O–H groups in total. The topological polar surface area (TPSA) is 20.2 Å². The lowest BCUT2D eigenvalue weighted by molar-refractivity contribution is 0.463. The molecule has 0 saturated heterocycles. The van der Waals surface area contributed by atoms with Crippen molar-refractivity contribution < 1.29 is 5.11 Å². The van der Waals surface area contributed by atoms with E-state index < -0.39 is 0 Å². The van der Waals surface area contributed by atoms with Crippen LogP contribution in [0.5, 0.6) is 5.75 Å². The Morgan fingerprint density at radius 3 is 2.20 bits per heavy atom. The summed E-state index contributed by atoms with van der Waals surface area (Å²) < 4.78 is 0. The van der Waals surface area contributed by atoms with Gasteiger partial charge in [0.2, 0.25) is 0 Å². The zero-order valence-corrected chi connectivity index (χ0v) is 7.21. The molecule has 1 rings (SSSR count). The highest BCUT2D eigenvalue weighted by Crippen LogP contribution is 2.31. The first-order chi connectivity index (χ1) is 4.61. The van der Waals surface area contributed by atoms with Crippen LogP contribution in [0.2, 0.25) is 10.0 Å². The van der Waals surface area contributed by atoms with Gasteiger partial charge in [0, 0.05) is 11.0 Å². The van der Waals surface area contributed by atoms with Crippen molar-refractivity contribution in [3.05, 3.63) is 22.2 Å². The molecule has 0 atom stereocenters. The molecule has 0 aliphatic rings. The fourth-order valence-electron chi connectivity index (χ4n) is 0.526. The Morgan fingerprint density at radius 2 is 1.70 bits per heavy atom. The molecule has 1 aromatic carbocycles. The van der Waals surface area contributed by atoms with Crippen molar-refractivity contribution >= 4 is 35.8 Å². The second-order valence-electron chi connectivity index (χ2n) is 1.76. The van der Waals surface area contributed by atoms with Gasteiger partial charge in [-0.25, -0.2) is 0 Å². The van der Waals surface area contributed by atoms with Crippen LogP contribution in [0, 0.1) is 0 Å². The van der Waals surface area contributed by atoms with E-state index >= 15 is 0 Å². The summed E-state index contributed by atoms with van der Waals surface area (Å²) in [7, 11) is 0. The zero-order valence-electron chi connectivity index (χ0n) is 4.81. The summed E-state index contributed by atoms with van der Waals surface area (Å²) in [5, 5.41) is 9.73. The molecule has 10 heavy (non-hydrogen) atoms. The summed E-state index contributed by atoms with van der Waals surface area (Å²) in [6, 6.07) is 2.84. The van der Waals surface area contributed by atoms with Gasteiger partial charge in [0.05, 0.1) is 10.0 Å². The maximum atomic E-state index is 9.01. The molecule has 0 aliphatic heterocycles. The quantitative estimate of drug-likeness (QED) is 0.609. The van der Waals surface area contributed by atoms with Crippen molar-refractivity contribution in [3.8, 4) is 5.75 Å². The number of aromatic hydroxyl groups is 1. The molecular weight excluding hydrogens is 191 g/mol. The monoisotopic (exact) mass is 194 g/mol. The summed E-state index contributed by atoms with van der Waals surface area (Å²) >= 11 is 15.1. The van der Waals surface area contributed by atoms with Crippen LogP contribution in [0.15, 0.2) is 17.0 Å². The minimum atomic E-state index is 0.0396. The van der Waals surface area contributed by atoms with E-state index in [1.54, 1.807) is 0 Å². The highest BCUT2D eigenvalue weighted by atomic mass is 35.5. The van der Waals surface area contributed by atoms with E-state index in [4.69, 9.17) is 28.3 Å². The Morgan fingerprint density at radius 1 is 1.20 bits per heavy atom. The molecule has 0 spiro atoms. The van der Waals surface area contributed by atoms with E-state index in [2.05, 4.69) is 12.6 Å². The highest BCUT2D eigenvalue weighted by Gasteiger charge is 2.01. The minimum absolute atomic E-state index is 0.0396. The van der Waals surface area contributed by atoms with Gasteiger partial charge in [-0.3, -0.25) is 0 Å². The Bertz CT molecular complexity index is 212. The molecule has 0 aromatic heterocycles. The van der Waals surface area contributed by atoms with Gasteiger partial charge < -0.3 is 5.11 Å². The fourth-order valence-corrected chi connectivity index (χ4v) is 1.12. The number of phenolic OH excluding ortho intramolecular Hbond substituents is 1. The second kappa shape index (κ2) is 2.91. The van der Waals surface area contributed by atoms with Crippen LogP contribution < -0.4 is 0 Å². The first kappa shape index (κ1) is 8.05. The lowest BCUT2D eigenvalue weighted by Crippen LogP contribution is -1.71. The van der Waals surface area contributed by atoms with E-state index in [9.17, 15) is 0 Å². The lowest BCUT2D eigenvalue weighted by atomic mass is 10.3. The fraction of sp³-hybridized carbons (Fsp3) is 0. The molecule has 0 bridgehead atoms. The number of rotatable bonds is 0.